The normalized spacial score (nSPS) is 17.0. The van der Waals surface area contributed by atoms with E-state index in [0.29, 0.717) is 37.6 Å². The number of hydrogen-bond acceptors (Lipinski definition) is 6. The second-order valence-electron chi connectivity index (χ2n) is 7.75. The lowest BCUT2D eigenvalue weighted by atomic mass is 10.1. The fraction of sp³-hybridized carbons (Fsp3) is 0.579. The highest BCUT2D eigenvalue weighted by atomic mass is 16.2. The minimum Gasteiger partial charge on any atom is -0.340 e. The lowest BCUT2D eigenvalue weighted by Crippen LogP contribution is -2.34. The maximum Gasteiger partial charge on any atom is 0.252 e. The van der Waals surface area contributed by atoms with Gasteiger partial charge in [0.25, 0.3) is 5.78 Å². The fourth-order valence-electron chi connectivity index (χ4n) is 3.99. The zero-order chi connectivity index (χ0) is 19.3. The van der Waals surface area contributed by atoms with Crippen LogP contribution in [0.2, 0.25) is 0 Å². The summed E-state index contributed by atoms with van der Waals surface area (Å²) in [6, 6.07) is 0. The third-order valence-electron chi connectivity index (χ3n) is 5.82. The van der Waals surface area contributed by atoms with Crippen molar-refractivity contribution in [2.75, 3.05) is 13.1 Å². The lowest BCUT2D eigenvalue weighted by molar-refractivity contribution is -0.131. The van der Waals surface area contributed by atoms with Crippen molar-refractivity contribution < 1.29 is 4.79 Å². The van der Waals surface area contributed by atoms with Gasteiger partial charge in [-0.2, -0.15) is 15.2 Å². The number of fused-ring (bicyclic) bond motifs is 2. The quantitative estimate of drug-likeness (QED) is 0.676. The summed E-state index contributed by atoms with van der Waals surface area (Å²) in [6.07, 6.45) is 5.82. The van der Waals surface area contributed by atoms with E-state index in [4.69, 9.17) is 4.98 Å². The largest absolute Gasteiger partial charge is 0.340 e. The summed E-state index contributed by atoms with van der Waals surface area (Å²) in [5.41, 5.74) is 2.99. The van der Waals surface area contributed by atoms with Crippen molar-refractivity contribution in [3.05, 3.63) is 34.9 Å². The molecule has 3 aromatic rings. The molecule has 9 heteroatoms. The Morgan fingerprint density at radius 2 is 2.04 bits per heavy atom. The second-order valence-corrected chi connectivity index (χ2v) is 7.75. The number of carbonyl (C=O) groups excluding carboxylic acids is 1. The van der Waals surface area contributed by atoms with Gasteiger partial charge in [-0.15, -0.1) is 0 Å². The molecule has 1 aliphatic heterocycles. The van der Waals surface area contributed by atoms with E-state index < -0.39 is 0 Å². The van der Waals surface area contributed by atoms with Crippen molar-refractivity contribution in [3.8, 4) is 0 Å². The number of hydrogen-bond donors (Lipinski definition) is 0. The topological polar surface area (TPSA) is 94.1 Å². The Morgan fingerprint density at radius 1 is 1.18 bits per heavy atom. The van der Waals surface area contributed by atoms with Crippen LogP contribution in [0.1, 0.15) is 53.8 Å². The molecule has 5 rings (SSSR count). The molecule has 2 aliphatic rings. The van der Waals surface area contributed by atoms with E-state index in [9.17, 15) is 4.79 Å². The van der Waals surface area contributed by atoms with Crippen molar-refractivity contribution in [2.24, 2.45) is 0 Å². The predicted molar refractivity (Wildman–Crippen MR) is 101 cm³/mol. The molecule has 0 aromatic carbocycles. The van der Waals surface area contributed by atoms with Gasteiger partial charge in [-0.1, -0.05) is 0 Å². The van der Waals surface area contributed by atoms with Crippen molar-refractivity contribution in [2.45, 2.75) is 58.4 Å². The molecule has 28 heavy (non-hydrogen) atoms. The number of amides is 1. The van der Waals surface area contributed by atoms with Gasteiger partial charge < -0.3 is 4.90 Å². The molecule has 1 aliphatic carbocycles. The second kappa shape index (κ2) is 6.65. The first kappa shape index (κ1) is 17.3. The van der Waals surface area contributed by atoms with Gasteiger partial charge in [-0.3, -0.25) is 4.79 Å². The molecule has 0 atom stereocenters. The van der Waals surface area contributed by atoms with E-state index in [0.717, 1.165) is 41.6 Å². The fourth-order valence-corrected chi connectivity index (χ4v) is 3.99. The Hall–Kier alpha value is -2.84. The first-order valence-corrected chi connectivity index (χ1v) is 9.97. The van der Waals surface area contributed by atoms with E-state index >= 15 is 0 Å². The molecule has 1 fully saturated rings. The van der Waals surface area contributed by atoms with Crippen LogP contribution < -0.4 is 0 Å². The third kappa shape index (κ3) is 3.04. The molecular weight excluding hydrogens is 356 g/mol. The summed E-state index contributed by atoms with van der Waals surface area (Å²) in [4.78, 5) is 28.1. The number of aromatic nitrogens is 7. The Labute approximate surface area is 162 Å². The Balaban J connectivity index is 1.24. The number of carbonyl (C=O) groups is 1. The maximum absolute atomic E-state index is 12.8. The molecular formula is C19H24N8O. The molecule has 1 saturated carbocycles. The Kier molecular flexibility index (Phi) is 4.10. The molecule has 3 aromatic heterocycles. The van der Waals surface area contributed by atoms with Gasteiger partial charge in [0.15, 0.2) is 5.82 Å². The molecule has 0 N–H and O–H groups in total. The van der Waals surface area contributed by atoms with Gasteiger partial charge >= 0.3 is 0 Å². The van der Waals surface area contributed by atoms with Crippen LogP contribution in [0.5, 0.6) is 0 Å². The highest BCUT2D eigenvalue weighted by molar-refractivity contribution is 5.76. The Bertz CT molecular complexity index is 1020. The predicted octanol–water partition coefficient (Wildman–Crippen LogP) is 1.23. The summed E-state index contributed by atoms with van der Waals surface area (Å²) in [5.74, 6) is 3.36. The molecule has 0 radical (unpaired) electrons. The molecule has 146 valence electrons. The van der Waals surface area contributed by atoms with Crippen LogP contribution in [0.25, 0.3) is 5.78 Å². The van der Waals surface area contributed by atoms with Gasteiger partial charge in [-0.05, 0) is 38.7 Å². The molecule has 0 unspecified atom stereocenters. The zero-order valence-electron chi connectivity index (χ0n) is 16.3. The van der Waals surface area contributed by atoms with Crippen LogP contribution in [0, 0.1) is 13.8 Å². The van der Waals surface area contributed by atoms with E-state index in [-0.39, 0.29) is 5.91 Å². The Morgan fingerprint density at radius 3 is 2.86 bits per heavy atom. The molecule has 0 spiro atoms. The average molecular weight is 380 g/mol. The monoisotopic (exact) mass is 380 g/mol. The average Bonchev–Trinajstić information content (AvgIpc) is 3.35. The van der Waals surface area contributed by atoms with Crippen molar-refractivity contribution in [3.63, 3.8) is 0 Å². The first-order chi connectivity index (χ1) is 13.6. The van der Waals surface area contributed by atoms with Gasteiger partial charge in [0.05, 0.1) is 6.54 Å². The van der Waals surface area contributed by atoms with Crippen LogP contribution in [-0.4, -0.2) is 58.2 Å². The van der Waals surface area contributed by atoms with Gasteiger partial charge in [0.2, 0.25) is 5.91 Å². The lowest BCUT2D eigenvalue weighted by Gasteiger charge is -2.20. The first-order valence-electron chi connectivity index (χ1n) is 9.97. The van der Waals surface area contributed by atoms with Crippen LogP contribution >= 0.6 is 0 Å². The SMILES string of the molecule is Cc1nc2ncnn2c(C)c1CCC(=O)N1CCc2nc(C3CC3)nn2CC1. The van der Waals surface area contributed by atoms with Crippen molar-refractivity contribution in [1.82, 2.24) is 39.2 Å². The molecule has 0 saturated heterocycles. The molecule has 0 bridgehead atoms. The summed E-state index contributed by atoms with van der Waals surface area (Å²) in [5, 5.41) is 8.87. The zero-order valence-corrected chi connectivity index (χ0v) is 16.3. The van der Waals surface area contributed by atoms with E-state index in [1.54, 1.807) is 4.52 Å². The summed E-state index contributed by atoms with van der Waals surface area (Å²) in [6.45, 7) is 6.10. The van der Waals surface area contributed by atoms with Crippen LogP contribution in [0.4, 0.5) is 0 Å². The number of nitrogens with zero attached hydrogens (tertiary/aromatic N) is 8. The summed E-state index contributed by atoms with van der Waals surface area (Å²) >= 11 is 0. The van der Waals surface area contributed by atoms with Crippen LogP contribution in [0.15, 0.2) is 6.33 Å². The molecule has 9 nitrogen and oxygen atoms in total. The van der Waals surface area contributed by atoms with Crippen LogP contribution in [0.3, 0.4) is 0 Å². The highest BCUT2D eigenvalue weighted by Crippen LogP contribution is 2.38. The summed E-state index contributed by atoms with van der Waals surface area (Å²) in [7, 11) is 0. The molecule has 4 heterocycles. The number of rotatable bonds is 4. The smallest absolute Gasteiger partial charge is 0.252 e. The third-order valence-corrected chi connectivity index (χ3v) is 5.82. The van der Waals surface area contributed by atoms with E-state index in [2.05, 4.69) is 20.2 Å². The van der Waals surface area contributed by atoms with Gasteiger partial charge in [0.1, 0.15) is 12.2 Å². The number of aryl methyl sites for hydroxylation is 2. The highest BCUT2D eigenvalue weighted by Gasteiger charge is 2.30. The maximum atomic E-state index is 12.8. The summed E-state index contributed by atoms with van der Waals surface area (Å²) < 4.78 is 3.73. The minimum absolute atomic E-state index is 0.172. The van der Waals surface area contributed by atoms with Gasteiger partial charge in [-0.25, -0.2) is 19.2 Å². The van der Waals surface area contributed by atoms with E-state index in [1.165, 1.54) is 19.2 Å². The standard InChI is InChI=1S/C19H24N8O/c1-12-15(13(2)27-19(22-12)20-11-21-27)5-6-17(28)25-8-7-16-23-18(14-3-4-14)24-26(16)10-9-25/h11,14H,3-10H2,1-2H3. The van der Waals surface area contributed by atoms with Crippen molar-refractivity contribution >= 4 is 11.7 Å². The minimum atomic E-state index is 0.172. The van der Waals surface area contributed by atoms with Gasteiger partial charge in [0, 0.05) is 43.2 Å². The van der Waals surface area contributed by atoms with Crippen molar-refractivity contribution in [1.29, 1.82) is 0 Å². The van der Waals surface area contributed by atoms with E-state index in [1.807, 2.05) is 23.4 Å². The van der Waals surface area contributed by atoms with Crippen LogP contribution in [-0.2, 0) is 24.2 Å². The molecule has 1 amide bonds.